The van der Waals surface area contributed by atoms with Crippen molar-refractivity contribution in [1.29, 1.82) is 0 Å². The van der Waals surface area contributed by atoms with Crippen molar-refractivity contribution >= 4 is 17.6 Å². The minimum Gasteiger partial charge on any atom is -0.497 e. The van der Waals surface area contributed by atoms with Crippen molar-refractivity contribution in [3.63, 3.8) is 0 Å². The van der Waals surface area contributed by atoms with Crippen LogP contribution in [0.15, 0.2) is 30.5 Å². The first-order valence-corrected chi connectivity index (χ1v) is 8.19. The van der Waals surface area contributed by atoms with Crippen molar-refractivity contribution in [3.8, 4) is 11.5 Å². The van der Waals surface area contributed by atoms with Crippen LogP contribution >= 0.6 is 0 Å². The van der Waals surface area contributed by atoms with Crippen LogP contribution in [0.1, 0.15) is 18.5 Å². The van der Waals surface area contributed by atoms with Gasteiger partial charge in [0.2, 0.25) is 5.91 Å². The summed E-state index contributed by atoms with van der Waals surface area (Å²) in [6.07, 6.45) is 2.41. The van der Waals surface area contributed by atoms with Crippen molar-refractivity contribution in [2.45, 2.75) is 26.3 Å². The number of aromatic nitrogens is 2. The standard InChI is InChI=1S/C18H23N3O5/c1-13-16(11-19-21(13)12-18(23)25-3)20-17(22)5-4-10-26-15-8-6-14(24-2)7-9-15/h6-9,11H,4-5,10,12H2,1-3H3,(H,20,22). The topological polar surface area (TPSA) is 91.7 Å². The number of amides is 1. The summed E-state index contributed by atoms with van der Waals surface area (Å²) in [4.78, 5) is 23.3. The van der Waals surface area contributed by atoms with Gasteiger partial charge in [-0.2, -0.15) is 5.10 Å². The van der Waals surface area contributed by atoms with Crippen LogP contribution < -0.4 is 14.8 Å². The van der Waals surface area contributed by atoms with E-state index in [-0.39, 0.29) is 12.5 Å². The van der Waals surface area contributed by atoms with E-state index in [1.54, 1.807) is 14.0 Å². The SMILES string of the molecule is COC(=O)Cn1ncc(NC(=O)CCCOc2ccc(OC)cc2)c1C. The highest BCUT2D eigenvalue weighted by molar-refractivity contribution is 5.91. The van der Waals surface area contributed by atoms with E-state index in [0.717, 1.165) is 11.5 Å². The molecule has 1 aromatic carbocycles. The number of hydrogen-bond donors (Lipinski definition) is 1. The maximum absolute atomic E-state index is 12.0. The van der Waals surface area contributed by atoms with E-state index < -0.39 is 5.97 Å². The predicted octanol–water partition coefficient (Wildman–Crippen LogP) is 2.17. The minimum absolute atomic E-state index is 0.00784. The number of carbonyl (C=O) groups excluding carboxylic acids is 2. The number of nitrogens with zero attached hydrogens (tertiary/aromatic N) is 2. The highest BCUT2D eigenvalue weighted by atomic mass is 16.5. The first kappa shape index (κ1) is 19.3. The molecule has 2 aromatic rings. The Balaban J connectivity index is 1.74. The van der Waals surface area contributed by atoms with Crippen LogP contribution in [0.2, 0.25) is 0 Å². The van der Waals surface area contributed by atoms with Crippen molar-refractivity contribution in [2.75, 3.05) is 26.1 Å². The van der Waals surface area contributed by atoms with Crippen LogP contribution in [-0.2, 0) is 20.9 Å². The van der Waals surface area contributed by atoms with Gasteiger partial charge in [0.25, 0.3) is 0 Å². The molecule has 0 aliphatic heterocycles. The number of benzene rings is 1. The average molecular weight is 361 g/mol. The summed E-state index contributed by atoms with van der Waals surface area (Å²) in [7, 11) is 2.92. The van der Waals surface area contributed by atoms with Gasteiger partial charge in [-0.05, 0) is 37.6 Å². The van der Waals surface area contributed by atoms with Crippen molar-refractivity contribution in [2.24, 2.45) is 0 Å². The zero-order chi connectivity index (χ0) is 18.9. The molecule has 0 aliphatic carbocycles. The molecule has 1 aromatic heterocycles. The van der Waals surface area contributed by atoms with Crippen LogP contribution in [0.5, 0.6) is 11.5 Å². The fourth-order valence-corrected chi connectivity index (χ4v) is 2.22. The summed E-state index contributed by atoms with van der Waals surface area (Å²) in [6.45, 7) is 2.21. The lowest BCUT2D eigenvalue weighted by molar-refractivity contribution is -0.141. The third-order valence-electron chi connectivity index (χ3n) is 3.76. The number of rotatable bonds is 9. The highest BCUT2D eigenvalue weighted by Gasteiger charge is 2.12. The minimum atomic E-state index is -0.398. The molecule has 0 saturated carbocycles. The third-order valence-corrected chi connectivity index (χ3v) is 3.76. The van der Waals surface area contributed by atoms with Crippen LogP contribution in [-0.4, -0.2) is 42.5 Å². The van der Waals surface area contributed by atoms with Crippen molar-refractivity contribution in [3.05, 3.63) is 36.2 Å². The third kappa shape index (κ3) is 5.51. The van der Waals surface area contributed by atoms with Crippen LogP contribution in [0.4, 0.5) is 5.69 Å². The van der Waals surface area contributed by atoms with E-state index in [1.807, 2.05) is 24.3 Å². The number of hydrogen-bond acceptors (Lipinski definition) is 6. The Morgan fingerprint density at radius 3 is 2.50 bits per heavy atom. The Morgan fingerprint density at radius 2 is 1.85 bits per heavy atom. The van der Waals surface area contributed by atoms with Gasteiger partial charge in [0.05, 0.1) is 38.4 Å². The molecule has 0 unspecified atom stereocenters. The van der Waals surface area contributed by atoms with Crippen molar-refractivity contribution < 1.29 is 23.8 Å². The second-order valence-corrected chi connectivity index (χ2v) is 5.55. The lowest BCUT2D eigenvalue weighted by Gasteiger charge is -2.08. The van der Waals surface area contributed by atoms with Crippen molar-refractivity contribution in [1.82, 2.24) is 9.78 Å². The molecule has 0 atom stereocenters. The quantitative estimate of drug-likeness (QED) is 0.544. The van der Waals surface area contributed by atoms with Gasteiger partial charge in [-0.15, -0.1) is 0 Å². The highest BCUT2D eigenvalue weighted by Crippen LogP contribution is 2.17. The van der Waals surface area contributed by atoms with Gasteiger partial charge < -0.3 is 19.5 Å². The Labute approximate surface area is 152 Å². The molecule has 0 aliphatic rings. The molecule has 1 N–H and O–H groups in total. The van der Waals surface area contributed by atoms with E-state index in [1.165, 1.54) is 18.0 Å². The molecule has 0 saturated heterocycles. The van der Waals surface area contributed by atoms with Crippen LogP contribution in [0.3, 0.4) is 0 Å². The van der Waals surface area contributed by atoms with E-state index in [4.69, 9.17) is 9.47 Å². The first-order chi connectivity index (χ1) is 12.5. The van der Waals surface area contributed by atoms with Gasteiger partial charge in [-0.3, -0.25) is 14.3 Å². The lowest BCUT2D eigenvalue weighted by atomic mass is 10.3. The molecule has 140 valence electrons. The van der Waals surface area contributed by atoms with Gasteiger partial charge >= 0.3 is 5.97 Å². The summed E-state index contributed by atoms with van der Waals surface area (Å²) in [5.41, 5.74) is 1.27. The molecular formula is C18H23N3O5. The number of anilines is 1. The number of methoxy groups -OCH3 is 2. The fourth-order valence-electron chi connectivity index (χ4n) is 2.22. The summed E-state index contributed by atoms with van der Waals surface area (Å²) in [5, 5.41) is 6.86. The monoisotopic (exact) mass is 361 g/mol. The Kier molecular flexibility index (Phi) is 7.02. The molecule has 1 amide bonds. The molecule has 0 fully saturated rings. The molecule has 8 heteroatoms. The zero-order valence-electron chi connectivity index (χ0n) is 15.2. The number of ether oxygens (including phenoxy) is 3. The molecule has 0 spiro atoms. The zero-order valence-corrected chi connectivity index (χ0v) is 15.2. The van der Waals surface area contributed by atoms with Gasteiger partial charge in [0.15, 0.2) is 0 Å². The molecular weight excluding hydrogens is 338 g/mol. The average Bonchev–Trinajstić information content (AvgIpc) is 2.99. The Hall–Kier alpha value is -3.03. The molecule has 2 rings (SSSR count). The predicted molar refractivity (Wildman–Crippen MR) is 95.3 cm³/mol. The van der Waals surface area contributed by atoms with Crippen LogP contribution in [0.25, 0.3) is 0 Å². The summed E-state index contributed by atoms with van der Waals surface area (Å²) < 4.78 is 16.8. The van der Waals surface area contributed by atoms with E-state index in [2.05, 4.69) is 15.2 Å². The Bertz CT molecular complexity index is 740. The maximum atomic E-state index is 12.0. The normalized spacial score (nSPS) is 10.3. The smallest absolute Gasteiger partial charge is 0.327 e. The van der Waals surface area contributed by atoms with Gasteiger partial charge in [-0.1, -0.05) is 0 Å². The molecule has 8 nitrogen and oxygen atoms in total. The number of esters is 1. The van der Waals surface area contributed by atoms with E-state index in [0.29, 0.717) is 30.8 Å². The van der Waals surface area contributed by atoms with E-state index >= 15 is 0 Å². The van der Waals surface area contributed by atoms with Gasteiger partial charge in [-0.25, -0.2) is 0 Å². The lowest BCUT2D eigenvalue weighted by Crippen LogP contribution is -2.15. The molecule has 0 radical (unpaired) electrons. The second kappa shape index (κ2) is 9.45. The molecule has 26 heavy (non-hydrogen) atoms. The van der Waals surface area contributed by atoms with Crippen LogP contribution in [0, 0.1) is 6.92 Å². The number of nitrogens with one attached hydrogen (secondary N) is 1. The largest absolute Gasteiger partial charge is 0.497 e. The fraction of sp³-hybridized carbons (Fsp3) is 0.389. The Morgan fingerprint density at radius 1 is 1.15 bits per heavy atom. The maximum Gasteiger partial charge on any atom is 0.327 e. The summed E-state index contributed by atoms with van der Waals surface area (Å²) in [5.74, 6) is 0.958. The first-order valence-electron chi connectivity index (χ1n) is 8.19. The number of carbonyl (C=O) groups is 2. The van der Waals surface area contributed by atoms with Gasteiger partial charge in [0.1, 0.15) is 18.0 Å². The van der Waals surface area contributed by atoms with E-state index in [9.17, 15) is 9.59 Å². The van der Waals surface area contributed by atoms with Gasteiger partial charge in [0, 0.05) is 6.42 Å². The summed E-state index contributed by atoms with van der Waals surface area (Å²) >= 11 is 0. The molecule has 0 bridgehead atoms. The second-order valence-electron chi connectivity index (χ2n) is 5.55. The molecule has 1 heterocycles. The summed E-state index contributed by atoms with van der Waals surface area (Å²) in [6, 6.07) is 7.27.